The summed E-state index contributed by atoms with van der Waals surface area (Å²) in [6.45, 7) is 3.33. The van der Waals surface area contributed by atoms with E-state index in [0.29, 0.717) is 48.2 Å². The number of carboxylic acid groups (broad SMARTS) is 2. The Balaban J connectivity index is 0.000000862. The van der Waals surface area contributed by atoms with E-state index in [2.05, 4.69) is 20.1 Å². The molecule has 0 radical (unpaired) electrons. The fourth-order valence-electron chi connectivity index (χ4n) is 4.04. The lowest BCUT2D eigenvalue weighted by Gasteiger charge is -2.21. The highest BCUT2D eigenvalue weighted by Gasteiger charge is 2.25. The van der Waals surface area contributed by atoms with E-state index < -0.39 is 23.5 Å². The molecule has 16 nitrogen and oxygen atoms in total. The lowest BCUT2D eigenvalue weighted by Crippen LogP contribution is -2.20. The number of methoxy groups -OCH3 is 2. The minimum atomic E-state index is -0.833. The highest BCUT2D eigenvalue weighted by Crippen LogP contribution is 2.42. The summed E-state index contributed by atoms with van der Waals surface area (Å²) in [5.74, 6) is -0.0380. The molecule has 16 heteroatoms. The molecule has 1 unspecified atom stereocenters. The highest BCUT2D eigenvalue weighted by atomic mass is 16.5. The van der Waals surface area contributed by atoms with Crippen LogP contribution in [-0.2, 0) is 16.0 Å². The zero-order valence-corrected chi connectivity index (χ0v) is 27.1. The summed E-state index contributed by atoms with van der Waals surface area (Å²) in [6, 6.07) is 12.7. The van der Waals surface area contributed by atoms with Crippen LogP contribution in [0.15, 0.2) is 59.7 Å². The highest BCUT2D eigenvalue weighted by molar-refractivity contribution is 5.94. The van der Waals surface area contributed by atoms with E-state index in [1.807, 2.05) is 43.3 Å². The molecule has 252 valence electrons. The Kier molecular flexibility index (Phi) is 14.5. The number of carboxylic acids is 2. The number of hydrogen-bond donors (Lipinski definition) is 5. The molecule has 2 aromatic heterocycles. The van der Waals surface area contributed by atoms with Gasteiger partial charge in [0.05, 0.1) is 14.2 Å². The van der Waals surface area contributed by atoms with Crippen LogP contribution in [0.3, 0.4) is 0 Å². The molecule has 6 N–H and O–H groups in total. The molecular weight excluding hydrogens is 612 g/mol. The van der Waals surface area contributed by atoms with Gasteiger partial charge in [-0.3, -0.25) is 20.0 Å². The van der Waals surface area contributed by atoms with Crippen molar-refractivity contribution in [3.05, 3.63) is 87.9 Å². The molecule has 2 heterocycles. The Bertz CT molecular complexity index is 1630. The molecule has 0 saturated heterocycles. The average Bonchev–Trinajstić information content (AvgIpc) is 3.40. The Morgan fingerprint density at radius 1 is 1.02 bits per heavy atom. The number of amidine groups is 1. The minimum absolute atomic E-state index is 0.0108. The Morgan fingerprint density at radius 3 is 2.02 bits per heavy atom. The standard InChI is InChI=1S/C27H32N8O4.2C2H4O2/c1-34(2)12-13-39-23-21(37-3)15-19(16-22(23)38-4)20(14-17-6-8-18(9-7-17)24(28)29)25-32-27(36)35(33-25)26-30-10-5-11-31-26;2*1-2(3)4/h5-11,15-16,20H,12-14H2,1-4H3,(H3,28,29)(H,32,33,36);2*1H3,(H,3,4). The van der Waals surface area contributed by atoms with Crippen LogP contribution in [0.5, 0.6) is 17.2 Å². The SMILES string of the molecule is CC(=O)O.CC(=O)O.COc1cc(C(Cc2ccc(C(=N)N)cc2)c2nn(-c3ncccn3)c(=O)[nH]2)cc(OC)c1OCCN(C)C. The van der Waals surface area contributed by atoms with E-state index in [0.717, 1.165) is 29.7 Å². The number of carbonyl (C=O) groups is 2. The van der Waals surface area contributed by atoms with Crippen LogP contribution >= 0.6 is 0 Å². The molecule has 4 rings (SSSR count). The van der Waals surface area contributed by atoms with Crippen molar-refractivity contribution in [1.82, 2.24) is 29.6 Å². The fourth-order valence-corrected chi connectivity index (χ4v) is 4.04. The molecule has 1 atom stereocenters. The van der Waals surface area contributed by atoms with Crippen molar-refractivity contribution in [2.24, 2.45) is 5.73 Å². The van der Waals surface area contributed by atoms with Gasteiger partial charge in [-0.15, -0.1) is 9.78 Å². The summed E-state index contributed by atoms with van der Waals surface area (Å²) in [7, 11) is 7.07. The molecule has 0 spiro atoms. The number of benzene rings is 2. The number of aromatic nitrogens is 5. The van der Waals surface area contributed by atoms with E-state index in [9.17, 15) is 4.79 Å². The van der Waals surface area contributed by atoms with Crippen molar-refractivity contribution in [3.8, 4) is 23.2 Å². The summed E-state index contributed by atoms with van der Waals surface area (Å²) in [5, 5.41) is 27.1. The molecule has 0 bridgehead atoms. The van der Waals surface area contributed by atoms with Crippen LogP contribution in [-0.4, -0.2) is 99.1 Å². The summed E-state index contributed by atoms with van der Waals surface area (Å²) < 4.78 is 18.5. The van der Waals surface area contributed by atoms with Crippen LogP contribution in [0.2, 0.25) is 0 Å². The lowest BCUT2D eigenvalue weighted by molar-refractivity contribution is -0.135. The first kappa shape index (κ1) is 37.4. The predicted molar refractivity (Wildman–Crippen MR) is 173 cm³/mol. The van der Waals surface area contributed by atoms with Gasteiger partial charge in [0.25, 0.3) is 17.9 Å². The zero-order chi connectivity index (χ0) is 35.1. The second kappa shape index (κ2) is 18.3. The van der Waals surface area contributed by atoms with Gasteiger partial charge in [-0.2, -0.15) is 0 Å². The maximum atomic E-state index is 12.9. The summed E-state index contributed by atoms with van der Waals surface area (Å²) in [4.78, 5) is 44.1. The van der Waals surface area contributed by atoms with Gasteiger partial charge in [-0.25, -0.2) is 14.8 Å². The predicted octanol–water partition coefficient (Wildman–Crippen LogP) is 2.15. The topological polar surface area (TPSA) is 232 Å². The molecular formula is C31H40N8O8. The number of likely N-dealkylation sites (N-methyl/N-ethyl adjacent to an activating group) is 1. The van der Waals surface area contributed by atoms with Crippen molar-refractivity contribution < 1.29 is 34.0 Å². The third-order valence-corrected chi connectivity index (χ3v) is 6.08. The van der Waals surface area contributed by atoms with Crippen LogP contribution in [0, 0.1) is 5.41 Å². The van der Waals surface area contributed by atoms with Gasteiger partial charge >= 0.3 is 5.69 Å². The molecule has 0 fully saturated rings. The van der Waals surface area contributed by atoms with Crippen molar-refractivity contribution in [2.45, 2.75) is 26.2 Å². The molecule has 0 saturated carbocycles. The van der Waals surface area contributed by atoms with E-state index in [-0.39, 0.29) is 11.8 Å². The van der Waals surface area contributed by atoms with Crippen molar-refractivity contribution in [2.75, 3.05) is 41.5 Å². The maximum Gasteiger partial charge on any atom is 0.350 e. The van der Waals surface area contributed by atoms with Crippen molar-refractivity contribution >= 4 is 17.8 Å². The van der Waals surface area contributed by atoms with E-state index >= 15 is 0 Å². The first-order valence-corrected chi connectivity index (χ1v) is 14.1. The number of ether oxygens (including phenoxy) is 3. The molecule has 0 aliphatic heterocycles. The van der Waals surface area contributed by atoms with Crippen LogP contribution in [0.1, 0.15) is 42.3 Å². The molecule has 0 aliphatic rings. The van der Waals surface area contributed by atoms with Crippen LogP contribution < -0.4 is 25.6 Å². The second-order valence-electron chi connectivity index (χ2n) is 10.1. The summed E-state index contributed by atoms with van der Waals surface area (Å²) in [6.07, 6.45) is 3.55. The first-order chi connectivity index (χ1) is 22.3. The third-order valence-electron chi connectivity index (χ3n) is 6.08. The van der Waals surface area contributed by atoms with Crippen LogP contribution in [0.25, 0.3) is 5.95 Å². The third kappa shape index (κ3) is 11.9. The number of nitrogens with zero attached hydrogens (tertiary/aromatic N) is 5. The van der Waals surface area contributed by atoms with Gasteiger partial charge in [0.1, 0.15) is 18.3 Å². The van der Waals surface area contributed by atoms with Gasteiger partial charge in [-0.1, -0.05) is 24.3 Å². The van der Waals surface area contributed by atoms with Gasteiger partial charge in [-0.05, 0) is 49.8 Å². The van der Waals surface area contributed by atoms with E-state index in [1.54, 1.807) is 44.8 Å². The number of nitrogens with one attached hydrogen (secondary N) is 2. The molecule has 4 aromatic rings. The molecule has 2 aromatic carbocycles. The van der Waals surface area contributed by atoms with Gasteiger partial charge in [0.15, 0.2) is 11.5 Å². The van der Waals surface area contributed by atoms with Crippen LogP contribution in [0.4, 0.5) is 0 Å². The first-order valence-electron chi connectivity index (χ1n) is 14.1. The smallest absolute Gasteiger partial charge is 0.350 e. The molecule has 0 aliphatic carbocycles. The van der Waals surface area contributed by atoms with Gasteiger partial charge in [0.2, 0.25) is 5.75 Å². The maximum absolute atomic E-state index is 12.9. The monoisotopic (exact) mass is 652 g/mol. The second-order valence-corrected chi connectivity index (χ2v) is 10.1. The molecule has 47 heavy (non-hydrogen) atoms. The van der Waals surface area contributed by atoms with Crippen molar-refractivity contribution in [1.29, 1.82) is 5.41 Å². The van der Waals surface area contributed by atoms with Crippen molar-refractivity contribution in [3.63, 3.8) is 0 Å². The fraction of sp³-hybridized carbons (Fsp3) is 0.323. The minimum Gasteiger partial charge on any atom is -0.493 e. The summed E-state index contributed by atoms with van der Waals surface area (Å²) in [5.41, 5.74) is 7.52. The number of nitrogens with two attached hydrogens (primary N) is 1. The number of rotatable bonds is 12. The average molecular weight is 653 g/mol. The quantitative estimate of drug-likeness (QED) is 0.109. The summed E-state index contributed by atoms with van der Waals surface area (Å²) >= 11 is 0. The zero-order valence-electron chi connectivity index (χ0n) is 27.1. The van der Waals surface area contributed by atoms with E-state index in [4.69, 9.17) is 45.2 Å². The number of hydrogen-bond acceptors (Lipinski definition) is 11. The Labute approximate surface area is 271 Å². The number of H-pyrrole nitrogens is 1. The van der Waals surface area contributed by atoms with Gasteiger partial charge < -0.3 is 35.1 Å². The number of aliphatic carboxylic acids is 2. The van der Waals surface area contributed by atoms with E-state index in [1.165, 1.54) is 0 Å². The molecule has 0 amide bonds. The Hall–Kier alpha value is -5.77. The normalized spacial score (nSPS) is 10.9. The number of aromatic amines is 1. The number of nitrogen functional groups attached to an aromatic ring is 1. The van der Waals surface area contributed by atoms with Gasteiger partial charge in [0, 0.05) is 44.3 Å². The Morgan fingerprint density at radius 2 is 1.55 bits per heavy atom. The largest absolute Gasteiger partial charge is 0.493 e. The lowest BCUT2D eigenvalue weighted by atomic mass is 9.90.